The molecule has 0 bridgehead atoms. The van der Waals surface area contributed by atoms with Crippen LogP contribution in [-0.2, 0) is 10.3 Å². The van der Waals surface area contributed by atoms with Gasteiger partial charge >= 0.3 is 5.97 Å². The largest absolute Gasteiger partial charge is 0.479 e. The molecule has 0 unspecified atom stereocenters. The molecule has 2 rings (SSSR count). The minimum absolute atomic E-state index is 0.403. The van der Waals surface area contributed by atoms with Gasteiger partial charge in [-0.25, -0.2) is 9.48 Å². The summed E-state index contributed by atoms with van der Waals surface area (Å²) in [5.41, 5.74) is -0.485. The number of tetrazole rings is 1. The van der Waals surface area contributed by atoms with Crippen LogP contribution in [0.25, 0.3) is 11.4 Å². The molecule has 17 heavy (non-hydrogen) atoms. The van der Waals surface area contributed by atoms with E-state index in [2.05, 4.69) is 20.5 Å². The summed E-state index contributed by atoms with van der Waals surface area (Å²) in [7, 11) is 0. The van der Waals surface area contributed by atoms with Crippen molar-refractivity contribution < 1.29 is 9.90 Å². The zero-order chi connectivity index (χ0) is 12.5. The van der Waals surface area contributed by atoms with Crippen LogP contribution in [0.2, 0.25) is 0 Å². The lowest BCUT2D eigenvalue weighted by Gasteiger charge is -2.20. The highest BCUT2D eigenvalue weighted by Crippen LogP contribution is 2.22. The number of nitrogens with zero attached hydrogens (tertiary/aromatic N) is 5. The Morgan fingerprint density at radius 3 is 2.59 bits per heavy atom. The number of hydrogen-bond acceptors (Lipinski definition) is 5. The Hall–Kier alpha value is -2.31. The van der Waals surface area contributed by atoms with Crippen molar-refractivity contribution >= 4 is 5.97 Å². The number of aromatic nitrogens is 5. The van der Waals surface area contributed by atoms with Crippen molar-refractivity contribution in [3.05, 3.63) is 24.5 Å². The lowest BCUT2D eigenvalue weighted by Crippen LogP contribution is -2.37. The number of carbonyl (C=O) groups is 1. The van der Waals surface area contributed by atoms with Crippen LogP contribution in [0.4, 0.5) is 0 Å². The maximum absolute atomic E-state index is 11.2. The Balaban J connectivity index is 2.53. The van der Waals surface area contributed by atoms with Crippen molar-refractivity contribution in [2.75, 3.05) is 0 Å². The maximum Gasteiger partial charge on any atom is 0.331 e. The van der Waals surface area contributed by atoms with E-state index in [1.165, 1.54) is 18.5 Å². The second-order valence-corrected chi connectivity index (χ2v) is 4.01. The quantitative estimate of drug-likeness (QED) is 0.832. The normalized spacial score (nSPS) is 11.4. The smallest absolute Gasteiger partial charge is 0.331 e. The van der Waals surface area contributed by atoms with Crippen LogP contribution in [0.3, 0.4) is 0 Å². The second-order valence-electron chi connectivity index (χ2n) is 4.01. The third kappa shape index (κ3) is 1.86. The standard InChI is InChI=1S/C10H11N5O2/c1-10(2,9(16)17)15-8(12-13-14-15)7-3-5-11-6-4-7/h3-6H,1-2H3,(H,16,17). The summed E-state index contributed by atoms with van der Waals surface area (Å²) in [6.45, 7) is 3.08. The van der Waals surface area contributed by atoms with Gasteiger partial charge in [0.15, 0.2) is 11.4 Å². The van der Waals surface area contributed by atoms with Gasteiger partial charge in [-0.15, -0.1) is 5.10 Å². The lowest BCUT2D eigenvalue weighted by molar-refractivity contribution is -0.146. The number of pyridine rings is 1. The second kappa shape index (κ2) is 3.93. The molecule has 88 valence electrons. The molecule has 0 radical (unpaired) electrons. The minimum atomic E-state index is -1.21. The summed E-state index contributed by atoms with van der Waals surface area (Å²) in [5, 5.41) is 20.3. The van der Waals surface area contributed by atoms with Gasteiger partial charge in [0.05, 0.1) is 0 Å². The van der Waals surface area contributed by atoms with E-state index in [-0.39, 0.29) is 0 Å². The molecule has 0 amide bonds. The molecule has 7 heteroatoms. The molecule has 0 saturated carbocycles. The Bertz CT molecular complexity index is 535. The van der Waals surface area contributed by atoms with Crippen LogP contribution >= 0.6 is 0 Å². The Kier molecular flexibility index (Phi) is 2.58. The van der Waals surface area contributed by atoms with Gasteiger partial charge in [0, 0.05) is 18.0 Å². The van der Waals surface area contributed by atoms with Crippen molar-refractivity contribution in [3.8, 4) is 11.4 Å². The molecule has 0 aromatic carbocycles. The summed E-state index contributed by atoms with van der Waals surface area (Å²) in [6, 6.07) is 3.44. The van der Waals surface area contributed by atoms with Crippen molar-refractivity contribution in [2.24, 2.45) is 0 Å². The van der Waals surface area contributed by atoms with Crippen molar-refractivity contribution in [1.82, 2.24) is 25.2 Å². The lowest BCUT2D eigenvalue weighted by atomic mass is 10.1. The van der Waals surface area contributed by atoms with E-state index in [0.717, 1.165) is 5.56 Å². The first-order valence-corrected chi connectivity index (χ1v) is 4.96. The van der Waals surface area contributed by atoms with E-state index in [4.69, 9.17) is 5.11 Å². The van der Waals surface area contributed by atoms with Crippen molar-refractivity contribution in [3.63, 3.8) is 0 Å². The molecule has 0 atom stereocenters. The summed E-state index contributed by atoms with van der Waals surface area (Å²) in [5.74, 6) is -0.597. The highest BCUT2D eigenvalue weighted by Gasteiger charge is 2.33. The topological polar surface area (TPSA) is 93.8 Å². The molecule has 0 aliphatic rings. The predicted octanol–water partition coefficient (Wildman–Crippen LogP) is 0.555. The SMILES string of the molecule is CC(C)(C(=O)O)n1nnnc1-c1ccncc1. The van der Waals surface area contributed by atoms with E-state index in [1.807, 2.05) is 0 Å². The number of aliphatic carboxylic acids is 1. The van der Waals surface area contributed by atoms with E-state index < -0.39 is 11.5 Å². The molecule has 0 aliphatic heterocycles. The van der Waals surface area contributed by atoms with E-state index in [0.29, 0.717) is 5.82 Å². The molecule has 0 spiro atoms. The van der Waals surface area contributed by atoms with Crippen LogP contribution in [0.15, 0.2) is 24.5 Å². The maximum atomic E-state index is 11.2. The molecule has 2 aromatic heterocycles. The molecular weight excluding hydrogens is 222 g/mol. The van der Waals surface area contributed by atoms with Gasteiger partial charge in [0.25, 0.3) is 0 Å². The molecule has 7 nitrogen and oxygen atoms in total. The Morgan fingerprint density at radius 2 is 2.00 bits per heavy atom. The molecule has 0 fully saturated rings. The summed E-state index contributed by atoms with van der Waals surface area (Å²) in [4.78, 5) is 15.1. The van der Waals surface area contributed by atoms with Gasteiger partial charge in [-0.05, 0) is 36.4 Å². The Morgan fingerprint density at radius 1 is 1.35 bits per heavy atom. The van der Waals surface area contributed by atoms with Gasteiger partial charge in [0.1, 0.15) is 0 Å². The first-order valence-electron chi connectivity index (χ1n) is 4.96. The van der Waals surface area contributed by atoms with E-state index >= 15 is 0 Å². The fourth-order valence-electron chi connectivity index (χ4n) is 1.34. The van der Waals surface area contributed by atoms with Crippen molar-refractivity contribution in [1.29, 1.82) is 0 Å². The van der Waals surface area contributed by atoms with E-state index in [1.54, 1.807) is 24.5 Å². The first kappa shape index (κ1) is 11.2. The number of rotatable bonds is 3. The summed E-state index contributed by atoms with van der Waals surface area (Å²) >= 11 is 0. The number of carboxylic acids is 1. The van der Waals surface area contributed by atoms with Gasteiger partial charge in [-0.1, -0.05) is 0 Å². The Labute approximate surface area is 97.1 Å². The van der Waals surface area contributed by atoms with Crippen LogP contribution < -0.4 is 0 Å². The van der Waals surface area contributed by atoms with Gasteiger partial charge in [-0.3, -0.25) is 4.98 Å². The van der Waals surface area contributed by atoms with Gasteiger partial charge in [0.2, 0.25) is 0 Å². The third-order valence-electron chi connectivity index (χ3n) is 2.46. The molecule has 2 heterocycles. The fourth-order valence-corrected chi connectivity index (χ4v) is 1.34. The molecule has 0 aliphatic carbocycles. The third-order valence-corrected chi connectivity index (χ3v) is 2.46. The zero-order valence-electron chi connectivity index (χ0n) is 9.40. The average molecular weight is 233 g/mol. The molecule has 2 aromatic rings. The highest BCUT2D eigenvalue weighted by molar-refractivity contribution is 5.76. The van der Waals surface area contributed by atoms with E-state index in [9.17, 15) is 4.79 Å². The van der Waals surface area contributed by atoms with Gasteiger partial charge < -0.3 is 5.11 Å². The van der Waals surface area contributed by atoms with Gasteiger partial charge in [-0.2, -0.15) is 0 Å². The highest BCUT2D eigenvalue weighted by atomic mass is 16.4. The molecular formula is C10H11N5O2. The summed E-state index contributed by atoms with van der Waals surface area (Å²) in [6.07, 6.45) is 3.20. The predicted molar refractivity (Wildman–Crippen MR) is 58.0 cm³/mol. The minimum Gasteiger partial charge on any atom is -0.479 e. The average Bonchev–Trinajstić information content (AvgIpc) is 2.79. The molecule has 1 N–H and O–H groups in total. The number of hydrogen-bond donors (Lipinski definition) is 1. The monoisotopic (exact) mass is 233 g/mol. The summed E-state index contributed by atoms with van der Waals surface area (Å²) < 4.78 is 1.28. The first-order chi connectivity index (χ1) is 8.03. The van der Waals surface area contributed by atoms with Crippen LogP contribution in [-0.4, -0.2) is 36.3 Å². The zero-order valence-corrected chi connectivity index (χ0v) is 9.40. The fraction of sp³-hybridized carbons (Fsp3) is 0.300. The molecule has 0 saturated heterocycles. The van der Waals surface area contributed by atoms with Crippen LogP contribution in [0, 0.1) is 0 Å². The number of carboxylic acid groups (broad SMARTS) is 1. The van der Waals surface area contributed by atoms with Crippen LogP contribution in [0.1, 0.15) is 13.8 Å². The van der Waals surface area contributed by atoms with Crippen LogP contribution in [0.5, 0.6) is 0 Å². The van der Waals surface area contributed by atoms with Crippen molar-refractivity contribution in [2.45, 2.75) is 19.4 Å².